The molecule has 0 aliphatic heterocycles. The number of fused-ring (bicyclic) bond motifs is 6. The lowest BCUT2D eigenvalue weighted by atomic mass is 9.97. The fourth-order valence-electron chi connectivity index (χ4n) is 12.8. The van der Waals surface area contributed by atoms with E-state index >= 15 is 22.0 Å². The molecule has 11 heteroatoms. The molecule has 92 heavy (non-hydrogen) atoms. The summed E-state index contributed by atoms with van der Waals surface area (Å²) in [7, 11) is 0. The second-order valence-corrected chi connectivity index (χ2v) is 22.8. The van der Waals surface area contributed by atoms with E-state index in [-0.39, 0.29) is 22.5 Å². The zero-order valence-corrected chi connectivity index (χ0v) is 48.9. The van der Waals surface area contributed by atoms with Gasteiger partial charge >= 0.3 is 6.18 Å². The second kappa shape index (κ2) is 22.6. The van der Waals surface area contributed by atoms with E-state index < -0.39 is 23.4 Å². The molecule has 0 saturated heterocycles. The zero-order chi connectivity index (χ0) is 62.0. The van der Waals surface area contributed by atoms with E-state index in [1.54, 1.807) is 33.9 Å². The van der Waals surface area contributed by atoms with Crippen molar-refractivity contribution in [2.75, 3.05) is 0 Å². The van der Waals surface area contributed by atoms with Crippen molar-refractivity contribution in [3.05, 3.63) is 315 Å². The summed E-state index contributed by atoms with van der Waals surface area (Å²) in [5.74, 6) is -1.80. The number of hydrogen-bond acceptors (Lipinski definition) is 4. The van der Waals surface area contributed by atoms with Gasteiger partial charge in [0.1, 0.15) is 11.6 Å². The Kier molecular flexibility index (Phi) is 13.6. The van der Waals surface area contributed by atoms with Crippen LogP contribution in [0.1, 0.15) is 5.56 Å². The largest absolute Gasteiger partial charge is 0.418 e. The number of benzene rings is 10. The molecule has 16 aromatic rings. The number of halogens is 5. The maximum atomic E-state index is 17.1. The lowest BCUT2D eigenvalue weighted by Crippen LogP contribution is -2.13. The van der Waals surface area contributed by atoms with Crippen LogP contribution in [-0.2, 0) is 6.18 Å². The van der Waals surface area contributed by atoms with Crippen LogP contribution in [0.25, 0.3) is 156 Å². The molecule has 10 aromatic carbocycles. The first kappa shape index (κ1) is 55.4. The molecule has 438 valence electrons. The van der Waals surface area contributed by atoms with Gasteiger partial charge < -0.3 is 9.13 Å². The average Bonchev–Trinajstić information content (AvgIpc) is 1.54. The summed E-state index contributed by atoms with van der Waals surface area (Å²) in [4.78, 5) is 19.3. The van der Waals surface area contributed by atoms with E-state index in [4.69, 9.17) is 19.9 Å². The molecular weight excluding hydrogens is 1150 g/mol. The van der Waals surface area contributed by atoms with Crippen molar-refractivity contribution in [2.24, 2.45) is 0 Å². The lowest BCUT2D eigenvalue weighted by molar-refractivity contribution is -0.137. The highest BCUT2D eigenvalue weighted by atomic mass is 19.4. The normalized spacial score (nSPS) is 11.8. The molecule has 0 aliphatic carbocycles. The van der Waals surface area contributed by atoms with Crippen LogP contribution in [0, 0.1) is 11.6 Å². The number of hydrogen-bond donors (Lipinski definition) is 0. The summed E-state index contributed by atoms with van der Waals surface area (Å²) in [6.45, 7) is 0. The molecule has 0 spiro atoms. The number of nitrogens with zero attached hydrogens (tertiary/aromatic N) is 6. The van der Waals surface area contributed by atoms with Gasteiger partial charge in [-0.3, -0.25) is 19.9 Å². The highest BCUT2D eigenvalue weighted by molar-refractivity contribution is 6.13. The fraction of sp³-hybridized carbons (Fsp3) is 0.0123. The van der Waals surface area contributed by atoms with Crippen molar-refractivity contribution in [1.29, 1.82) is 0 Å². The summed E-state index contributed by atoms with van der Waals surface area (Å²) >= 11 is 0. The molecule has 16 rings (SSSR count). The molecule has 0 unspecified atom stereocenters. The van der Waals surface area contributed by atoms with Gasteiger partial charge in [0, 0.05) is 102 Å². The topological polar surface area (TPSA) is 61.4 Å². The van der Waals surface area contributed by atoms with Gasteiger partial charge in [0.05, 0.1) is 61.8 Å². The van der Waals surface area contributed by atoms with E-state index in [0.29, 0.717) is 44.0 Å². The van der Waals surface area contributed by atoms with Gasteiger partial charge in [-0.25, -0.2) is 8.78 Å². The molecule has 6 heterocycles. The third-order valence-corrected chi connectivity index (χ3v) is 17.3. The molecule has 0 N–H and O–H groups in total. The third-order valence-electron chi connectivity index (χ3n) is 17.3. The molecule has 0 radical (unpaired) electrons. The molecule has 0 amide bonds. The van der Waals surface area contributed by atoms with E-state index in [9.17, 15) is 0 Å². The van der Waals surface area contributed by atoms with Gasteiger partial charge in [-0.05, 0) is 101 Å². The first-order valence-electron chi connectivity index (χ1n) is 30.0. The second-order valence-electron chi connectivity index (χ2n) is 22.8. The molecule has 6 nitrogen and oxygen atoms in total. The van der Waals surface area contributed by atoms with Gasteiger partial charge in [-0.15, -0.1) is 0 Å². The van der Waals surface area contributed by atoms with Crippen molar-refractivity contribution < 1.29 is 22.0 Å². The predicted molar refractivity (Wildman–Crippen MR) is 360 cm³/mol. The zero-order valence-electron chi connectivity index (χ0n) is 48.9. The van der Waals surface area contributed by atoms with Gasteiger partial charge in [0.15, 0.2) is 0 Å². The Labute approximate surface area is 525 Å². The molecule has 6 aromatic heterocycles. The van der Waals surface area contributed by atoms with Crippen LogP contribution >= 0.6 is 0 Å². The maximum Gasteiger partial charge on any atom is 0.418 e. The van der Waals surface area contributed by atoms with Crippen molar-refractivity contribution in [3.63, 3.8) is 0 Å². The molecule has 0 atom stereocenters. The molecule has 0 aliphatic rings. The minimum atomic E-state index is -5.02. The maximum absolute atomic E-state index is 17.1. The minimum absolute atomic E-state index is 0.0208. The van der Waals surface area contributed by atoms with E-state index in [1.165, 1.54) is 18.2 Å². The van der Waals surface area contributed by atoms with Crippen LogP contribution < -0.4 is 0 Å². The molecule has 0 saturated carbocycles. The van der Waals surface area contributed by atoms with E-state index in [2.05, 4.69) is 0 Å². The average molecular weight is 1200 g/mol. The summed E-state index contributed by atoms with van der Waals surface area (Å²) in [5, 5.41) is 2.82. The Bertz CT molecular complexity index is 5160. The summed E-state index contributed by atoms with van der Waals surface area (Å²) in [5.41, 5.74) is 13.7. The Morgan fingerprint density at radius 2 is 0.543 bits per heavy atom. The first-order chi connectivity index (χ1) is 45.0. The summed E-state index contributed by atoms with van der Waals surface area (Å²) < 4.78 is 87.0. The van der Waals surface area contributed by atoms with Crippen LogP contribution in [0.4, 0.5) is 22.0 Å². The van der Waals surface area contributed by atoms with Crippen LogP contribution in [0.3, 0.4) is 0 Å². The highest BCUT2D eigenvalue weighted by Crippen LogP contribution is 2.47. The number of pyridine rings is 4. The third kappa shape index (κ3) is 10.1. The fourth-order valence-corrected chi connectivity index (χ4v) is 12.8. The Balaban J connectivity index is 0.959. The van der Waals surface area contributed by atoms with Crippen molar-refractivity contribution in [2.45, 2.75) is 6.18 Å². The van der Waals surface area contributed by atoms with Crippen molar-refractivity contribution in [3.8, 4) is 112 Å². The number of aromatic nitrogens is 6. The summed E-state index contributed by atoms with van der Waals surface area (Å²) in [6.07, 6.45) is 2.08. The van der Waals surface area contributed by atoms with Crippen LogP contribution in [0.5, 0.6) is 0 Å². The molecular formula is C81H49F5N6. The van der Waals surface area contributed by atoms with Gasteiger partial charge in [-0.2, -0.15) is 13.2 Å². The molecule has 0 bridgehead atoms. The highest BCUT2D eigenvalue weighted by Gasteiger charge is 2.37. The van der Waals surface area contributed by atoms with E-state index in [0.717, 1.165) is 101 Å². The van der Waals surface area contributed by atoms with Crippen LogP contribution in [0.15, 0.2) is 298 Å². The van der Waals surface area contributed by atoms with Crippen molar-refractivity contribution in [1.82, 2.24) is 29.1 Å². The Morgan fingerprint density at radius 3 is 0.826 bits per heavy atom. The summed E-state index contributed by atoms with van der Waals surface area (Å²) in [6, 6.07) is 83.8. The number of rotatable bonds is 11. The van der Waals surface area contributed by atoms with Crippen LogP contribution in [0.2, 0.25) is 0 Å². The standard InChI is InChI=1S/C81H49F5N6/c82-63-37-62(38-64(83)43-63)69-44-80(92-77-41-56(60-27-35-73(89-48-60)52-17-9-3-10-18-52)23-31-67(77)68-32-24-57(42-78(68)92)61-28-36-74(90-49-61)53-19-11-4-12-20-53)70(81(84,85)86)45-79(69)91-75-39-54(58-25-33-71(87-46-58)50-13-5-1-6-14-50)21-29-65(75)66-30-22-55(40-76(66)91)59-26-34-72(88-47-59)51-15-7-2-8-16-51/h1-49H. The Hall–Kier alpha value is -12.0. The number of alkyl halides is 3. The smallest absolute Gasteiger partial charge is 0.309 e. The van der Waals surface area contributed by atoms with Gasteiger partial charge in [0.2, 0.25) is 0 Å². The monoisotopic (exact) mass is 1200 g/mol. The van der Waals surface area contributed by atoms with Gasteiger partial charge in [-0.1, -0.05) is 194 Å². The first-order valence-corrected chi connectivity index (χ1v) is 30.0. The van der Waals surface area contributed by atoms with Crippen molar-refractivity contribution >= 4 is 43.6 Å². The Morgan fingerprint density at radius 1 is 0.250 bits per heavy atom. The predicted octanol–water partition coefficient (Wildman–Crippen LogP) is 21.8. The van der Waals surface area contributed by atoms with Crippen LogP contribution in [-0.4, -0.2) is 29.1 Å². The minimum Gasteiger partial charge on any atom is -0.309 e. The molecule has 0 fully saturated rings. The quantitative estimate of drug-likeness (QED) is 0.121. The van der Waals surface area contributed by atoms with E-state index in [1.807, 2.05) is 243 Å². The SMILES string of the molecule is Fc1cc(F)cc(-c2cc(-n3c4cc(-c5ccc(-c6ccccc6)nc5)ccc4c4ccc(-c5ccc(-c6ccccc6)nc5)cc43)c(C(F)(F)F)cc2-n2c3cc(-c4ccc(-c5ccccc5)nc4)ccc3c3ccc(-c4ccc(-c5ccccc5)nc4)cc32)c1. The van der Waals surface area contributed by atoms with Gasteiger partial charge in [0.25, 0.3) is 0 Å². The lowest BCUT2D eigenvalue weighted by Gasteiger charge is -2.22.